The monoisotopic (exact) mass is 770 g/mol. The molecule has 0 radical (unpaired) electrons. The summed E-state index contributed by atoms with van der Waals surface area (Å²) in [7, 11) is 0. The third-order valence-electron chi connectivity index (χ3n) is 11.2. The lowest BCUT2D eigenvalue weighted by Crippen LogP contribution is -2.31. The Morgan fingerprint density at radius 1 is 0.603 bits per heavy atom. The predicted molar refractivity (Wildman–Crippen MR) is 240 cm³/mol. The van der Waals surface area contributed by atoms with Crippen molar-refractivity contribution in [1.82, 2.24) is 19.1 Å². The summed E-state index contributed by atoms with van der Waals surface area (Å²) in [5.74, 6) is 1.42. The molecule has 4 aromatic heterocycles. The van der Waals surface area contributed by atoms with E-state index < -0.39 is 6.85 Å². The van der Waals surface area contributed by atoms with Crippen LogP contribution in [0.4, 0.5) is 0 Å². The molecular weight excluding hydrogens is 711 g/mol. The highest BCUT2D eigenvalue weighted by molar-refractivity contribution is 6.09. The van der Waals surface area contributed by atoms with Gasteiger partial charge in [-0.3, -0.25) is 18.7 Å². The Balaban J connectivity index is 1.29. The number of hydrogen-bond acceptors (Lipinski definition) is 3. The largest absolute Gasteiger partial charge is 0.456 e. The molecule has 58 heavy (non-hydrogen) atoms. The zero-order chi connectivity index (χ0) is 44.0. The fourth-order valence-corrected chi connectivity index (χ4v) is 7.60. The Morgan fingerprint density at radius 2 is 1.28 bits per heavy atom. The van der Waals surface area contributed by atoms with Gasteiger partial charge in [0.1, 0.15) is 17.3 Å². The van der Waals surface area contributed by atoms with E-state index in [2.05, 4.69) is 164 Å². The van der Waals surface area contributed by atoms with Crippen molar-refractivity contribution in [2.24, 2.45) is 0 Å². The Bertz CT molecular complexity index is 2950. The van der Waals surface area contributed by atoms with Crippen molar-refractivity contribution in [3.05, 3.63) is 144 Å². The number of imidazole rings is 1. The number of aryl methyl sites for hydroxylation is 1. The lowest BCUT2D eigenvalue weighted by molar-refractivity contribution is -0.572. The van der Waals surface area contributed by atoms with Gasteiger partial charge in [0.25, 0.3) is 6.33 Å². The molecule has 0 saturated heterocycles. The fourth-order valence-electron chi connectivity index (χ4n) is 7.60. The van der Waals surface area contributed by atoms with Crippen LogP contribution in [-0.2, 0) is 21.7 Å². The highest BCUT2D eigenvalue weighted by Gasteiger charge is 2.24. The van der Waals surface area contributed by atoms with Crippen LogP contribution < -0.4 is 9.30 Å². The van der Waals surface area contributed by atoms with Crippen LogP contribution in [0.25, 0.3) is 50.0 Å². The molecule has 0 bridgehead atoms. The third kappa shape index (κ3) is 7.18. The van der Waals surface area contributed by atoms with Crippen LogP contribution >= 0.6 is 0 Å². The summed E-state index contributed by atoms with van der Waals surface area (Å²) in [6.07, 6.45) is 7.07. The standard InChI is InChI=1S/C52H57N5O/c1-33-47(29-39(31-54-33)56-32-55(44-16-14-15-17-45(44)56)38-25-36(51(8,9)10)24-37(26-38)52(11,12)13)58-40-19-20-41-42-27-34(49(2,3)4)18-21-43(42)57(46(41)30-40)48-28-35(22-23-53-48)50(5,6)7/h14-31H,1-13H3/i1D3. The van der Waals surface area contributed by atoms with Gasteiger partial charge < -0.3 is 4.74 Å². The summed E-state index contributed by atoms with van der Waals surface area (Å²) in [5, 5.41) is 2.15. The number of para-hydroxylation sites is 2. The van der Waals surface area contributed by atoms with E-state index in [0.29, 0.717) is 11.4 Å². The number of ether oxygens (including phenoxy) is 1. The van der Waals surface area contributed by atoms with Gasteiger partial charge in [-0.2, -0.15) is 0 Å². The summed E-state index contributed by atoms with van der Waals surface area (Å²) in [5.41, 5.74) is 9.84. The van der Waals surface area contributed by atoms with Crippen LogP contribution in [0.1, 0.15) is 115 Å². The highest BCUT2D eigenvalue weighted by atomic mass is 16.5. The molecule has 296 valence electrons. The number of rotatable bonds is 5. The van der Waals surface area contributed by atoms with E-state index in [1.165, 1.54) is 22.3 Å². The van der Waals surface area contributed by atoms with Gasteiger partial charge in [-0.15, -0.1) is 0 Å². The number of benzene rings is 4. The van der Waals surface area contributed by atoms with Gasteiger partial charge in [-0.1, -0.05) is 119 Å². The van der Waals surface area contributed by atoms with Crippen LogP contribution in [0.2, 0.25) is 0 Å². The van der Waals surface area contributed by atoms with E-state index in [9.17, 15) is 0 Å². The molecule has 0 aliphatic heterocycles. The molecule has 6 heteroatoms. The van der Waals surface area contributed by atoms with Gasteiger partial charge >= 0.3 is 0 Å². The molecule has 0 saturated carbocycles. The average molecular weight is 771 g/mol. The van der Waals surface area contributed by atoms with E-state index >= 15 is 0 Å². The summed E-state index contributed by atoms with van der Waals surface area (Å²) in [4.78, 5) is 9.46. The van der Waals surface area contributed by atoms with Crippen molar-refractivity contribution < 1.29 is 13.4 Å². The smallest absolute Gasteiger partial charge is 0.269 e. The van der Waals surface area contributed by atoms with Crippen LogP contribution in [0, 0.1) is 13.2 Å². The molecule has 4 heterocycles. The van der Waals surface area contributed by atoms with E-state index in [4.69, 9.17) is 13.8 Å². The summed E-state index contributed by atoms with van der Waals surface area (Å²) < 4.78 is 38.3. The molecule has 0 unspecified atom stereocenters. The zero-order valence-corrected chi connectivity index (χ0v) is 36.0. The number of aromatic nitrogens is 5. The molecule has 0 amide bonds. The van der Waals surface area contributed by atoms with Gasteiger partial charge in [-0.25, -0.2) is 4.98 Å². The van der Waals surface area contributed by atoms with Crippen LogP contribution in [-0.4, -0.2) is 19.1 Å². The molecule has 8 rings (SSSR count). The molecule has 8 aromatic rings. The van der Waals surface area contributed by atoms with Gasteiger partial charge in [0.15, 0.2) is 0 Å². The lowest BCUT2D eigenvalue weighted by Gasteiger charge is -2.26. The second-order valence-electron chi connectivity index (χ2n) is 19.8. The van der Waals surface area contributed by atoms with Crippen LogP contribution in [0.5, 0.6) is 11.5 Å². The molecule has 4 aromatic carbocycles. The SMILES string of the molecule is [2H]C([2H])([2H])c1ncc(-n2[c-][n+](-c3cc(C(C)(C)C)cc(C(C)(C)C)c3)c3ccccc32)cc1Oc1ccc2c3cc(C(C)(C)C)ccc3n(-c3cc(C(C)(C)C)ccn3)c2c1. The Kier molecular flexibility index (Phi) is 8.36. The van der Waals surface area contributed by atoms with Crippen molar-refractivity contribution in [2.45, 2.75) is 112 Å². The predicted octanol–water partition coefficient (Wildman–Crippen LogP) is 12.9. The van der Waals surface area contributed by atoms with Crippen molar-refractivity contribution in [3.63, 3.8) is 0 Å². The Labute approximate surface area is 348 Å². The van der Waals surface area contributed by atoms with Crippen molar-refractivity contribution >= 4 is 32.8 Å². The summed E-state index contributed by atoms with van der Waals surface area (Å²) >= 11 is 0. The first-order chi connectivity index (χ1) is 28.4. The summed E-state index contributed by atoms with van der Waals surface area (Å²) in [6.45, 7) is 24.1. The third-order valence-corrected chi connectivity index (χ3v) is 11.2. The van der Waals surface area contributed by atoms with E-state index in [0.717, 1.165) is 44.3 Å². The second kappa shape index (κ2) is 13.7. The molecule has 0 N–H and O–H groups in total. The first-order valence-corrected chi connectivity index (χ1v) is 20.2. The number of hydrogen-bond donors (Lipinski definition) is 0. The first-order valence-electron chi connectivity index (χ1n) is 21.7. The van der Waals surface area contributed by atoms with Crippen LogP contribution in [0.3, 0.4) is 0 Å². The number of fused-ring (bicyclic) bond motifs is 4. The van der Waals surface area contributed by atoms with E-state index in [1.807, 2.05) is 41.1 Å². The zero-order valence-electron chi connectivity index (χ0n) is 39.0. The van der Waals surface area contributed by atoms with Gasteiger partial charge in [0, 0.05) is 33.3 Å². The molecular formula is C52H57N5O. The Hall–Kier alpha value is -5.75. The lowest BCUT2D eigenvalue weighted by atomic mass is 9.80. The van der Waals surface area contributed by atoms with Gasteiger partial charge in [0.05, 0.1) is 39.1 Å². The van der Waals surface area contributed by atoms with E-state index in [-0.39, 0.29) is 33.1 Å². The van der Waals surface area contributed by atoms with Crippen molar-refractivity contribution in [2.75, 3.05) is 0 Å². The van der Waals surface area contributed by atoms with E-state index in [1.54, 1.807) is 12.3 Å². The quantitative estimate of drug-likeness (QED) is 0.129. The average Bonchev–Trinajstić information content (AvgIpc) is 3.72. The number of nitrogens with zero attached hydrogens (tertiary/aromatic N) is 5. The first kappa shape index (κ1) is 35.4. The van der Waals surface area contributed by atoms with Crippen molar-refractivity contribution in [1.29, 1.82) is 0 Å². The highest BCUT2D eigenvalue weighted by Crippen LogP contribution is 2.39. The normalized spacial score (nSPS) is 13.9. The summed E-state index contributed by atoms with van der Waals surface area (Å²) in [6, 6.07) is 33.5. The minimum absolute atomic E-state index is 0.0483. The maximum absolute atomic E-state index is 8.49. The maximum Gasteiger partial charge on any atom is 0.269 e. The minimum Gasteiger partial charge on any atom is -0.456 e. The number of pyridine rings is 2. The fraction of sp³-hybridized carbons (Fsp3) is 0.327. The van der Waals surface area contributed by atoms with Gasteiger partial charge in [0.2, 0.25) is 0 Å². The minimum atomic E-state index is -2.54. The molecule has 6 nitrogen and oxygen atoms in total. The second-order valence-corrected chi connectivity index (χ2v) is 19.8. The topological polar surface area (TPSA) is 48.8 Å². The van der Waals surface area contributed by atoms with Crippen LogP contribution in [0.15, 0.2) is 109 Å². The molecule has 0 spiro atoms. The Morgan fingerprint density at radius 3 is 1.95 bits per heavy atom. The molecule has 0 aliphatic rings. The van der Waals surface area contributed by atoms with Crippen molar-refractivity contribution in [3.8, 4) is 28.7 Å². The molecule has 0 fully saturated rings. The molecule has 0 atom stereocenters. The van der Waals surface area contributed by atoms with Gasteiger partial charge in [-0.05, 0) is 105 Å². The molecule has 0 aliphatic carbocycles. The maximum atomic E-state index is 8.49.